The molecule has 0 unspecified atom stereocenters. The van der Waals surface area contributed by atoms with Crippen molar-refractivity contribution in [3.63, 3.8) is 0 Å². The van der Waals surface area contributed by atoms with Gasteiger partial charge in [-0.05, 0) is 41.8 Å². The SMILES string of the molecule is COc1ccc2c(c1)OC[C@H](CNC(=O)c1cccc(Cn3cccn3)c1)C2. The molecule has 0 saturated carbocycles. The average Bonchev–Trinajstić information content (AvgIpc) is 3.24. The fourth-order valence-corrected chi connectivity index (χ4v) is 3.40. The third-order valence-electron chi connectivity index (χ3n) is 4.90. The summed E-state index contributed by atoms with van der Waals surface area (Å²) in [5.41, 5.74) is 2.85. The third-order valence-corrected chi connectivity index (χ3v) is 4.90. The molecule has 28 heavy (non-hydrogen) atoms. The van der Waals surface area contributed by atoms with Crippen molar-refractivity contribution in [1.82, 2.24) is 15.1 Å². The van der Waals surface area contributed by atoms with Gasteiger partial charge in [-0.25, -0.2) is 0 Å². The monoisotopic (exact) mass is 377 g/mol. The highest BCUT2D eigenvalue weighted by molar-refractivity contribution is 5.94. The van der Waals surface area contributed by atoms with E-state index in [-0.39, 0.29) is 11.8 Å². The molecule has 0 radical (unpaired) electrons. The van der Waals surface area contributed by atoms with Crippen LogP contribution in [0.2, 0.25) is 0 Å². The van der Waals surface area contributed by atoms with Crippen LogP contribution in [-0.4, -0.2) is 35.9 Å². The number of nitrogens with zero attached hydrogens (tertiary/aromatic N) is 2. The smallest absolute Gasteiger partial charge is 0.251 e. The number of hydrogen-bond acceptors (Lipinski definition) is 4. The summed E-state index contributed by atoms with van der Waals surface area (Å²) in [6.45, 7) is 1.80. The zero-order valence-electron chi connectivity index (χ0n) is 15.8. The lowest BCUT2D eigenvalue weighted by atomic mass is 9.96. The summed E-state index contributed by atoms with van der Waals surface area (Å²) in [5, 5.41) is 7.25. The molecule has 0 bridgehead atoms. The maximum atomic E-state index is 12.6. The Morgan fingerprint density at radius 2 is 2.21 bits per heavy atom. The van der Waals surface area contributed by atoms with Crippen molar-refractivity contribution in [3.05, 3.63) is 77.6 Å². The second-order valence-corrected chi connectivity index (χ2v) is 6.97. The molecule has 2 heterocycles. The quantitative estimate of drug-likeness (QED) is 0.717. The van der Waals surface area contributed by atoms with Crippen molar-refractivity contribution in [2.45, 2.75) is 13.0 Å². The van der Waals surface area contributed by atoms with E-state index in [1.807, 2.05) is 59.4 Å². The van der Waals surface area contributed by atoms with Crippen LogP contribution in [-0.2, 0) is 13.0 Å². The average molecular weight is 377 g/mol. The van der Waals surface area contributed by atoms with Gasteiger partial charge in [-0.3, -0.25) is 9.48 Å². The molecule has 0 aliphatic carbocycles. The van der Waals surface area contributed by atoms with Crippen LogP contribution in [0.1, 0.15) is 21.5 Å². The summed E-state index contributed by atoms with van der Waals surface area (Å²) in [7, 11) is 1.65. The minimum atomic E-state index is -0.0668. The second-order valence-electron chi connectivity index (χ2n) is 6.97. The van der Waals surface area contributed by atoms with Crippen LogP contribution in [0, 0.1) is 5.92 Å². The standard InChI is InChI=1S/C22H23N3O3/c1-27-20-7-6-18-11-17(15-28-21(18)12-20)13-23-22(26)19-5-2-4-16(10-19)14-25-9-3-8-24-25/h2-10,12,17H,11,13-15H2,1H3,(H,23,26)/t17-/m0/s1. The first-order valence-corrected chi connectivity index (χ1v) is 9.35. The Hall–Kier alpha value is -3.28. The number of nitrogens with one attached hydrogen (secondary N) is 1. The van der Waals surface area contributed by atoms with Crippen LogP contribution in [0.15, 0.2) is 60.9 Å². The van der Waals surface area contributed by atoms with Crippen LogP contribution in [0.5, 0.6) is 11.5 Å². The molecule has 1 aliphatic rings. The summed E-state index contributed by atoms with van der Waals surface area (Å²) in [6.07, 6.45) is 4.53. The lowest BCUT2D eigenvalue weighted by Gasteiger charge is -2.25. The predicted molar refractivity (Wildman–Crippen MR) is 106 cm³/mol. The van der Waals surface area contributed by atoms with Crippen LogP contribution in [0.25, 0.3) is 0 Å². The number of rotatable bonds is 6. The van der Waals surface area contributed by atoms with Gasteiger partial charge in [0.05, 0.1) is 20.3 Å². The molecular weight excluding hydrogens is 354 g/mol. The normalized spacial score (nSPS) is 15.4. The number of aromatic nitrogens is 2. The van der Waals surface area contributed by atoms with Crippen molar-refractivity contribution in [3.8, 4) is 11.5 Å². The molecule has 1 aliphatic heterocycles. The van der Waals surface area contributed by atoms with E-state index in [1.54, 1.807) is 13.3 Å². The minimum Gasteiger partial charge on any atom is -0.497 e. The van der Waals surface area contributed by atoms with E-state index in [2.05, 4.69) is 10.4 Å². The Labute approximate surface area is 164 Å². The van der Waals surface area contributed by atoms with Crippen molar-refractivity contribution in [2.75, 3.05) is 20.3 Å². The number of amides is 1. The Balaban J connectivity index is 1.34. The zero-order valence-corrected chi connectivity index (χ0v) is 15.8. The van der Waals surface area contributed by atoms with Gasteiger partial charge >= 0.3 is 0 Å². The zero-order chi connectivity index (χ0) is 19.3. The largest absolute Gasteiger partial charge is 0.497 e. The first-order chi connectivity index (χ1) is 13.7. The number of fused-ring (bicyclic) bond motifs is 1. The maximum Gasteiger partial charge on any atom is 0.251 e. The summed E-state index contributed by atoms with van der Waals surface area (Å²) >= 11 is 0. The van der Waals surface area contributed by atoms with Gasteiger partial charge in [0.1, 0.15) is 11.5 Å². The highest BCUT2D eigenvalue weighted by Crippen LogP contribution is 2.30. The van der Waals surface area contributed by atoms with Gasteiger partial charge in [-0.2, -0.15) is 5.10 Å². The van der Waals surface area contributed by atoms with Crippen LogP contribution in [0.4, 0.5) is 0 Å². The molecule has 1 atom stereocenters. The first-order valence-electron chi connectivity index (χ1n) is 9.35. The molecule has 0 fully saturated rings. The van der Waals surface area contributed by atoms with Gasteiger partial charge in [0, 0.05) is 36.5 Å². The molecule has 1 aromatic heterocycles. The molecular formula is C22H23N3O3. The van der Waals surface area contributed by atoms with Gasteiger partial charge in [0.2, 0.25) is 0 Å². The molecule has 6 heteroatoms. The fraction of sp³-hybridized carbons (Fsp3) is 0.273. The molecule has 3 aromatic rings. The van der Waals surface area contributed by atoms with Crippen molar-refractivity contribution in [2.24, 2.45) is 5.92 Å². The second kappa shape index (κ2) is 8.17. The molecule has 0 saturated heterocycles. The lowest BCUT2D eigenvalue weighted by Crippen LogP contribution is -2.34. The molecule has 2 aromatic carbocycles. The third kappa shape index (κ3) is 4.17. The Bertz CT molecular complexity index is 953. The highest BCUT2D eigenvalue weighted by atomic mass is 16.5. The summed E-state index contributed by atoms with van der Waals surface area (Å²) in [6, 6.07) is 15.4. The minimum absolute atomic E-state index is 0.0668. The number of carbonyl (C=O) groups excluding carboxylic acids is 1. The first kappa shape index (κ1) is 18.1. The van der Waals surface area contributed by atoms with E-state index >= 15 is 0 Å². The fourth-order valence-electron chi connectivity index (χ4n) is 3.40. The van der Waals surface area contributed by atoms with E-state index in [9.17, 15) is 4.79 Å². The van der Waals surface area contributed by atoms with Crippen molar-refractivity contribution in [1.29, 1.82) is 0 Å². The van der Waals surface area contributed by atoms with Gasteiger partial charge < -0.3 is 14.8 Å². The van der Waals surface area contributed by atoms with Gasteiger partial charge in [-0.15, -0.1) is 0 Å². The van der Waals surface area contributed by atoms with E-state index in [1.165, 1.54) is 0 Å². The number of hydrogen-bond donors (Lipinski definition) is 1. The molecule has 4 rings (SSSR count). The van der Waals surface area contributed by atoms with Crippen LogP contribution < -0.4 is 14.8 Å². The van der Waals surface area contributed by atoms with E-state index < -0.39 is 0 Å². The Morgan fingerprint density at radius 1 is 1.29 bits per heavy atom. The van der Waals surface area contributed by atoms with Crippen molar-refractivity contribution < 1.29 is 14.3 Å². The maximum absolute atomic E-state index is 12.6. The summed E-state index contributed by atoms with van der Waals surface area (Å²) in [5.74, 6) is 1.84. The Kier molecular flexibility index (Phi) is 5.28. The van der Waals surface area contributed by atoms with Crippen LogP contribution >= 0.6 is 0 Å². The number of benzene rings is 2. The number of carbonyl (C=O) groups is 1. The van der Waals surface area contributed by atoms with Gasteiger partial charge in [0.15, 0.2) is 0 Å². The van der Waals surface area contributed by atoms with E-state index in [0.717, 1.165) is 29.0 Å². The molecule has 1 N–H and O–H groups in total. The van der Waals surface area contributed by atoms with E-state index in [4.69, 9.17) is 9.47 Å². The summed E-state index contributed by atoms with van der Waals surface area (Å²) in [4.78, 5) is 12.6. The van der Waals surface area contributed by atoms with Gasteiger partial charge in [0.25, 0.3) is 5.91 Å². The van der Waals surface area contributed by atoms with Crippen LogP contribution in [0.3, 0.4) is 0 Å². The lowest BCUT2D eigenvalue weighted by molar-refractivity contribution is 0.0939. The Morgan fingerprint density at radius 3 is 3.04 bits per heavy atom. The molecule has 1 amide bonds. The molecule has 6 nitrogen and oxygen atoms in total. The number of ether oxygens (including phenoxy) is 2. The number of methoxy groups -OCH3 is 1. The van der Waals surface area contributed by atoms with E-state index in [0.29, 0.717) is 25.3 Å². The van der Waals surface area contributed by atoms with Crippen molar-refractivity contribution >= 4 is 5.91 Å². The van der Waals surface area contributed by atoms with Gasteiger partial charge in [-0.1, -0.05) is 18.2 Å². The molecule has 0 spiro atoms. The molecule has 144 valence electrons. The summed E-state index contributed by atoms with van der Waals surface area (Å²) < 4.78 is 12.9. The predicted octanol–water partition coefficient (Wildman–Crippen LogP) is 2.92. The highest BCUT2D eigenvalue weighted by Gasteiger charge is 2.21. The topological polar surface area (TPSA) is 65.4 Å².